The van der Waals surface area contributed by atoms with E-state index in [-0.39, 0.29) is 22.2 Å². The first-order chi connectivity index (χ1) is 56.0. The van der Waals surface area contributed by atoms with Gasteiger partial charge in [0, 0.05) is 151 Å². The number of hydrogen-bond acceptors (Lipinski definition) is 25. The maximum atomic E-state index is 11.2. The average molecular weight is 1670 g/mol. The SMILES string of the molecule is CCC1(COC)COC1.CCC1(COCCCCCCOC)COC1.CCC1(COCCCCOC)COC1.CCCCCCCCCOCC1(CC)COC1.CCCCCCOCC1(C)COC1.COCC1(C)COC1.COCCCC(=O)OCC1(C)COC1.COCCOCC1(C)COC1.COCCOCCOCC1(C)COC1. The van der Waals surface area contributed by atoms with Crippen LogP contribution in [0.5, 0.6) is 0 Å². The van der Waals surface area contributed by atoms with Gasteiger partial charge in [0.15, 0.2) is 0 Å². The quantitative estimate of drug-likeness (QED) is 0.0406. The van der Waals surface area contributed by atoms with E-state index in [2.05, 4.69) is 76.2 Å². The number of esters is 1. The summed E-state index contributed by atoms with van der Waals surface area (Å²) in [4.78, 5) is 11.2. The second-order valence-electron chi connectivity index (χ2n) is 35.7. The second-order valence-corrected chi connectivity index (χ2v) is 35.7. The standard InChI is InChI=1S/C15H30O2.C13H26O3.C11H22O3.C11H22O2.C10H20O4.C10H18O4.C8H16O3.C7H14O2.C6H12O2/c1-3-5-6-7-8-9-10-11-16-12-15(4-2)13-17-14-15;1-3-13(11-16-12-13)10-15-9-7-5-4-6-8-14-2;1-3-11(9-14-10-11)8-13-7-5-4-6-12-2;1-3-4-5-6-7-12-8-11(2)9-13-10-11;1-10(8-14-9-10)7-13-6-5-12-4-3-11-2;1-10(6-13-7-10)8-14-9(11)4-3-5-12-2;1-8(6-11-7-8)5-10-4-3-9-2;1-3-7(4-8-2)5-9-6-7;1-6(3-7-2)4-8-5-6/h3-14H2,1-2H3;3-12H2,1-2H3;3-10H2,1-2H3;3-10H2,1-2H3;3-9H2,1-2H3;3-8H2,1-2H3;3-7H2,1-2H3;3-6H2,1-2H3;3-5H2,1-2H3. The van der Waals surface area contributed by atoms with Crippen LogP contribution in [0.25, 0.3) is 0 Å². The van der Waals surface area contributed by atoms with Gasteiger partial charge in [0.1, 0.15) is 6.61 Å². The third kappa shape index (κ3) is 55.0. The van der Waals surface area contributed by atoms with Gasteiger partial charge >= 0.3 is 5.97 Å². The average Bonchev–Trinajstić information content (AvgIpc) is 0.855. The summed E-state index contributed by atoms with van der Waals surface area (Å²) >= 11 is 0. The summed E-state index contributed by atoms with van der Waals surface area (Å²) in [6, 6.07) is 0. The molecule has 0 aromatic rings. The minimum atomic E-state index is -0.143. The zero-order valence-corrected chi connectivity index (χ0v) is 77.8. The van der Waals surface area contributed by atoms with Crippen LogP contribution in [0.1, 0.15) is 224 Å². The summed E-state index contributed by atoms with van der Waals surface area (Å²) in [6.07, 6.45) is 27.5. The van der Waals surface area contributed by atoms with Crippen molar-refractivity contribution in [2.75, 3.05) is 314 Å². The molecule has 25 heteroatoms. The van der Waals surface area contributed by atoms with Crippen LogP contribution in [-0.4, -0.2) is 320 Å². The number of ether oxygens (including phenoxy) is 24. The smallest absolute Gasteiger partial charge is 0.305 e. The van der Waals surface area contributed by atoms with Gasteiger partial charge in [-0.25, -0.2) is 0 Å². The van der Waals surface area contributed by atoms with Crippen LogP contribution in [0.15, 0.2) is 0 Å². The van der Waals surface area contributed by atoms with Crippen molar-refractivity contribution in [3.8, 4) is 0 Å². The summed E-state index contributed by atoms with van der Waals surface area (Å²) < 4.78 is 125. The Kier molecular flexibility index (Phi) is 68.7. The molecule has 25 nitrogen and oxygen atoms in total. The summed E-state index contributed by atoms with van der Waals surface area (Å²) in [6.45, 7) is 56.5. The Morgan fingerprint density at radius 1 is 0.224 bits per heavy atom. The van der Waals surface area contributed by atoms with E-state index < -0.39 is 0 Å². The third-order valence-corrected chi connectivity index (χ3v) is 22.1. The van der Waals surface area contributed by atoms with Gasteiger partial charge in [-0.05, 0) is 70.6 Å². The highest BCUT2D eigenvalue weighted by molar-refractivity contribution is 5.69. The first kappa shape index (κ1) is 113. The molecule has 0 aromatic carbocycles. The van der Waals surface area contributed by atoms with Crippen molar-refractivity contribution >= 4 is 5.97 Å². The van der Waals surface area contributed by atoms with Crippen LogP contribution in [-0.2, 0) is 118 Å². The zero-order valence-electron chi connectivity index (χ0n) is 77.8. The molecule has 0 saturated carbocycles. The molecule has 116 heavy (non-hydrogen) atoms. The van der Waals surface area contributed by atoms with Gasteiger partial charge in [0.25, 0.3) is 0 Å². The van der Waals surface area contributed by atoms with E-state index in [0.29, 0.717) is 105 Å². The zero-order chi connectivity index (χ0) is 85.6. The predicted molar refractivity (Wildman–Crippen MR) is 458 cm³/mol. The fourth-order valence-electron chi connectivity index (χ4n) is 12.5. The lowest BCUT2D eigenvalue weighted by atomic mass is 9.84. The molecular formula is C91H180O25. The number of carbonyl (C=O) groups excluding carboxylic acids is 1. The lowest BCUT2D eigenvalue weighted by Gasteiger charge is -2.40. The van der Waals surface area contributed by atoms with Gasteiger partial charge in [0.05, 0.1) is 211 Å². The molecule has 9 saturated heterocycles. The van der Waals surface area contributed by atoms with E-state index in [4.69, 9.17) is 114 Å². The fraction of sp³-hybridized carbons (Fsp3) is 0.989. The number of hydrogen-bond donors (Lipinski definition) is 0. The van der Waals surface area contributed by atoms with Crippen LogP contribution in [0.4, 0.5) is 0 Å². The molecule has 0 N–H and O–H groups in total. The van der Waals surface area contributed by atoms with Crippen molar-refractivity contribution in [1.29, 1.82) is 0 Å². The highest BCUT2D eigenvalue weighted by Crippen LogP contribution is 2.35. The molecule has 0 radical (unpaired) electrons. The van der Waals surface area contributed by atoms with Gasteiger partial charge < -0.3 is 114 Å². The maximum Gasteiger partial charge on any atom is 0.305 e. The predicted octanol–water partition coefficient (Wildman–Crippen LogP) is 15.4. The number of unbranched alkanes of at least 4 members (excludes halogenated alkanes) is 13. The first-order valence-electron chi connectivity index (χ1n) is 44.9. The van der Waals surface area contributed by atoms with Crippen molar-refractivity contribution in [3.05, 3.63) is 0 Å². The van der Waals surface area contributed by atoms with E-state index in [0.717, 1.165) is 224 Å². The Bertz CT molecular complexity index is 2120. The molecule has 9 aliphatic rings. The Morgan fingerprint density at radius 2 is 0.457 bits per heavy atom. The maximum absolute atomic E-state index is 11.2. The molecule has 9 fully saturated rings. The van der Waals surface area contributed by atoms with Crippen molar-refractivity contribution in [2.24, 2.45) is 48.7 Å². The van der Waals surface area contributed by atoms with E-state index in [1.807, 2.05) is 0 Å². The molecule has 0 bridgehead atoms. The van der Waals surface area contributed by atoms with Crippen LogP contribution in [0.3, 0.4) is 0 Å². The van der Waals surface area contributed by atoms with Crippen molar-refractivity contribution in [1.82, 2.24) is 0 Å². The van der Waals surface area contributed by atoms with Gasteiger partial charge in [-0.1, -0.05) is 147 Å². The van der Waals surface area contributed by atoms with E-state index in [1.54, 1.807) is 49.8 Å². The lowest BCUT2D eigenvalue weighted by Crippen LogP contribution is -2.45. The molecule has 694 valence electrons. The van der Waals surface area contributed by atoms with Crippen LogP contribution in [0.2, 0.25) is 0 Å². The Balaban J connectivity index is 0.000000657. The minimum absolute atomic E-state index is 0.0525. The van der Waals surface area contributed by atoms with Gasteiger partial charge in [-0.15, -0.1) is 0 Å². The Morgan fingerprint density at radius 3 is 0.741 bits per heavy atom. The van der Waals surface area contributed by atoms with E-state index in [9.17, 15) is 4.79 Å². The molecule has 0 amide bonds. The molecule has 9 heterocycles. The van der Waals surface area contributed by atoms with Crippen LogP contribution >= 0.6 is 0 Å². The second kappa shape index (κ2) is 70.8. The third-order valence-electron chi connectivity index (χ3n) is 22.1. The monoisotopic (exact) mass is 1670 g/mol. The molecule has 0 atom stereocenters. The molecule has 9 aliphatic heterocycles. The largest absolute Gasteiger partial charge is 0.465 e. The van der Waals surface area contributed by atoms with Gasteiger partial charge in [0.2, 0.25) is 0 Å². The molecule has 9 rings (SSSR count). The van der Waals surface area contributed by atoms with Crippen molar-refractivity contribution in [2.45, 2.75) is 224 Å². The highest BCUT2D eigenvalue weighted by atomic mass is 16.6. The Labute approximate surface area is 707 Å². The molecule has 0 aliphatic carbocycles. The number of methoxy groups -OCH3 is 7. The van der Waals surface area contributed by atoms with E-state index in [1.165, 1.54) is 116 Å². The first-order valence-corrected chi connectivity index (χ1v) is 44.9. The van der Waals surface area contributed by atoms with Crippen LogP contribution < -0.4 is 0 Å². The Hall–Kier alpha value is -1.45. The minimum Gasteiger partial charge on any atom is -0.465 e. The normalized spacial score (nSPS) is 19.8. The number of carbonyl (C=O) groups is 1. The lowest BCUT2D eigenvalue weighted by molar-refractivity contribution is -0.165. The van der Waals surface area contributed by atoms with Crippen molar-refractivity contribution in [3.63, 3.8) is 0 Å². The van der Waals surface area contributed by atoms with Crippen molar-refractivity contribution < 1.29 is 118 Å². The summed E-state index contributed by atoms with van der Waals surface area (Å²) in [7, 11) is 11.9. The highest BCUT2D eigenvalue weighted by Gasteiger charge is 2.41. The number of rotatable bonds is 60. The summed E-state index contributed by atoms with van der Waals surface area (Å²) in [5, 5.41) is 0. The molecule has 0 spiro atoms. The summed E-state index contributed by atoms with van der Waals surface area (Å²) in [5.74, 6) is -0.143. The molecule has 0 unspecified atom stereocenters. The van der Waals surface area contributed by atoms with E-state index >= 15 is 0 Å². The topological polar surface area (TPSA) is 239 Å². The molecule has 0 aromatic heterocycles. The van der Waals surface area contributed by atoms with Crippen LogP contribution in [0, 0.1) is 48.7 Å². The fourth-order valence-corrected chi connectivity index (χ4v) is 12.5. The van der Waals surface area contributed by atoms with Gasteiger partial charge in [-0.2, -0.15) is 0 Å². The van der Waals surface area contributed by atoms with Gasteiger partial charge in [-0.3, -0.25) is 4.79 Å². The molecular weight excluding hydrogens is 1490 g/mol. The summed E-state index contributed by atoms with van der Waals surface area (Å²) in [5.41, 5.74) is 2.63.